The fraction of sp³-hybridized carbons (Fsp3) is 0.417. The molecule has 3 heterocycles. The average Bonchev–Trinajstić information content (AvgIpc) is 3.58. The van der Waals surface area contributed by atoms with Crippen LogP contribution >= 0.6 is 22.9 Å². The highest BCUT2D eigenvalue weighted by Gasteiger charge is 2.28. The van der Waals surface area contributed by atoms with E-state index >= 15 is 0 Å². The van der Waals surface area contributed by atoms with Crippen molar-refractivity contribution in [3.63, 3.8) is 0 Å². The number of aromatic amines is 1. The van der Waals surface area contributed by atoms with Gasteiger partial charge in [-0.15, -0.1) is 11.3 Å². The van der Waals surface area contributed by atoms with Gasteiger partial charge in [-0.1, -0.05) is 37.3 Å². The molecule has 10 heteroatoms. The number of H-pyrrole nitrogens is 1. The average molecular weight is 501 g/mol. The number of nitrogens with one attached hydrogen (secondary N) is 4. The maximum absolute atomic E-state index is 13.1. The van der Waals surface area contributed by atoms with Crippen molar-refractivity contribution in [1.82, 2.24) is 20.5 Å². The second kappa shape index (κ2) is 11.0. The molecule has 3 aromatic heterocycles. The topological polar surface area (TPSA) is 112 Å². The Morgan fingerprint density at radius 1 is 1.26 bits per heavy atom. The molecule has 0 aliphatic heterocycles. The molecule has 0 radical (unpaired) electrons. The third kappa shape index (κ3) is 6.15. The van der Waals surface area contributed by atoms with Crippen molar-refractivity contribution >= 4 is 46.1 Å². The quantitative estimate of drug-likeness (QED) is 0.318. The second-order valence-corrected chi connectivity index (χ2v) is 10.3. The lowest BCUT2D eigenvalue weighted by atomic mass is 9.97. The van der Waals surface area contributed by atoms with Gasteiger partial charge in [0.1, 0.15) is 6.04 Å². The zero-order valence-electron chi connectivity index (χ0n) is 19.2. The van der Waals surface area contributed by atoms with Crippen molar-refractivity contribution in [2.75, 3.05) is 10.6 Å². The number of halogens is 1. The van der Waals surface area contributed by atoms with Gasteiger partial charge in [-0.05, 0) is 44.4 Å². The number of carbonyl (C=O) groups is 2. The van der Waals surface area contributed by atoms with Crippen LogP contribution in [0.2, 0.25) is 5.02 Å². The Morgan fingerprint density at radius 3 is 2.79 bits per heavy atom. The highest BCUT2D eigenvalue weighted by molar-refractivity contribution is 7.14. The maximum Gasteiger partial charge on any atom is 0.262 e. The van der Waals surface area contributed by atoms with Gasteiger partial charge < -0.3 is 16.0 Å². The summed E-state index contributed by atoms with van der Waals surface area (Å²) in [6, 6.07) is 4.93. The van der Waals surface area contributed by atoms with E-state index in [1.807, 2.05) is 26.0 Å². The van der Waals surface area contributed by atoms with E-state index < -0.39 is 6.04 Å². The van der Waals surface area contributed by atoms with Crippen LogP contribution in [-0.4, -0.2) is 33.0 Å². The molecule has 0 bridgehead atoms. The smallest absolute Gasteiger partial charge is 0.262 e. The Kier molecular flexibility index (Phi) is 7.84. The Bertz CT molecular complexity index is 1130. The van der Waals surface area contributed by atoms with Gasteiger partial charge in [-0.2, -0.15) is 5.10 Å². The molecule has 4 rings (SSSR count). The number of thiophene rings is 1. The van der Waals surface area contributed by atoms with Crippen molar-refractivity contribution in [3.8, 4) is 0 Å². The molecule has 0 aromatic carbocycles. The summed E-state index contributed by atoms with van der Waals surface area (Å²) in [6.07, 6.45) is 9.94. The van der Waals surface area contributed by atoms with Crippen molar-refractivity contribution in [1.29, 1.82) is 0 Å². The molecule has 8 nitrogen and oxygen atoms in total. The van der Waals surface area contributed by atoms with Crippen LogP contribution in [0.5, 0.6) is 0 Å². The van der Waals surface area contributed by atoms with Crippen LogP contribution < -0.4 is 16.0 Å². The fourth-order valence-electron chi connectivity index (χ4n) is 4.25. The van der Waals surface area contributed by atoms with Gasteiger partial charge in [-0.25, -0.2) is 0 Å². The first-order valence-corrected chi connectivity index (χ1v) is 12.7. The summed E-state index contributed by atoms with van der Waals surface area (Å²) >= 11 is 7.49. The van der Waals surface area contributed by atoms with Gasteiger partial charge in [0.25, 0.3) is 5.91 Å². The summed E-state index contributed by atoms with van der Waals surface area (Å²) < 4.78 is 0. The first kappa shape index (κ1) is 24.2. The van der Waals surface area contributed by atoms with Crippen LogP contribution in [0.15, 0.2) is 36.8 Å². The number of hydrogen-bond donors (Lipinski definition) is 4. The number of amides is 2. The Hall–Kier alpha value is -2.91. The number of aromatic nitrogens is 3. The number of pyridine rings is 1. The van der Waals surface area contributed by atoms with E-state index in [1.165, 1.54) is 24.2 Å². The third-order valence-corrected chi connectivity index (χ3v) is 7.61. The maximum atomic E-state index is 13.1. The van der Waals surface area contributed by atoms with E-state index in [1.54, 1.807) is 24.7 Å². The number of aryl methyl sites for hydroxylation is 1. The number of carbonyl (C=O) groups excluding carboxylic acids is 2. The molecular formula is C24H29ClN6O2S. The molecule has 2 amide bonds. The predicted molar refractivity (Wildman–Crippen MR) is 135 cm³/mol. The molecule has 0 saturated heterocycles. The minimum Gasteiger partial charge on any atom is -0.376 e. The van der Waals surface area contributed by atoms with Gasteiger partial charge in [0.15, 0.2) is 0 Å². The van der Waals surface area contributed by atoms with Gasteiger partial charge in [0.2, 0.25) is 5.91 Å². The van der Waals surface area contributed by atoms with Gasteiger partial charge >= 0.3 is 0 Å². The summed E-state index contributed by atoms with van der Waals surface area (Å²) in [7, 11) is 0. The first-order chi connectivity index (χ1) is 16.4. The molecule has 1 aliphatic carbocycles. The minimum atomic E-state index is -0.605. The van der Waals surface area contributed by atoms with Crippen molar-refractivity contribution in [2.24, 2.45) is 5.92 Å². The van der Waals surface area contributed by atoms with Crippen LogP contribution in [0.25, 0.3) is 0 Å². The Labute approximate surface area is 207 Å². The van der Waals surface area contributed by atoms with Crippen LogP contribution in [0.1, 0.15) is 65.3 Å². The zero-order chi connectivity index (χ0) is 24.1. The summed E-state index contributed by atoms with van der Waals surface area (Å²) in [5.74, 6) is -0.0233. The summed E-state index contributed by atoms with van der Waals surface area (Å²) in [6.45, 7) is 3.94. The van der Waals surface area contributed by atoms with Crippen molar-refractivity contribution < 1.29 is 9.59 Å². The SMILES string of the molecule is Cc1ncc(Cl)cc1NC(C)c1ccc(C(=O)NC(CC2CCCC2)C(=O)Nc2cn[nH]c2)s1. The van der Waals surface area contributed by atoms with Gasteiger partial charge in [-0.3, -0.25) is 19.7 Å². The van der Waals surface area contributed by atoms with Crippen LogP contribution in [0, 0.1) is 12.8 Å². The lowest BCUT2D eigenvalue weighted by Crippen LogP contribution is -2.44. The highest BCUT2D eigenvalue weighted by Crippen LogP contribution is 2.30. The van der Waals surface area contributed by atoms with E-state index in [-0.39, 0.29) is 17.9 Å². The molecule has 4 N–H and O–H groups in total. The van der Waals surface area contributed by atoms with E-state index in [9.17, 15) is 9.59 Å². The summed E-state index contributed by atoms with van der Waals surface area (Å²) in [5, 5.41) is 16.3. The minimum absolute atomic E-state index is 0.0378. The summed E-state index contributed by atoms with van der Waals surface area (Å²) in [4.78, 5) is 31.9. The standard InChI is InChI=1S/C24H29ClN6O2S/c1-14-19(10-17(25)11-26-14)29-15(2)21-7-8-22(34-21)24(33)31-20(9-16-5-3-4-6-16)23(32)30-18-12-27-28-13-18/h7-8,10-13,15-16,20,29H,3-6,9H2,1-2H3,(H,27,28)(H,30,32)(H,31,33). The van der Waals surface area contributed by atoms with Gasteiger partial charge in [0, 0.05) is 17.3 Å². The highest BCUT2D eigenvalue weighted by atomic mass is 35.5. The molecule has 3 aromatic rings. The normalized spacial score (nSPS) is 15.6. The molecule has 0 spiro atoms. The van der Waals surface area contributed by atoms with Crippen molar-refractivity contribution in [3.05, 3.63) is 57.3 Å². The number of hydrogen-bond acceptors (Lipinski definition) is 6. The second-order valence-electron chi connectivity index (χ2n) is 8.74. The first-order valence-electron chi connectivity index (χ1n) is 11.5. The van der Waals surface area contributed by atoms with Gasteiger partial charge in [0.05, 0.1) is 39.2 Å². The molecule has 1 aliphatic rings. The lowest BCUT2D eigenvalue weighted by molar-refractivity contribution is -0.118. The molecule has 2 unspecified atom stereocenters. The zero-order valence-corrected chi connectivity index (χ0v) is 20.8. The molecule has 1 fully saturated rings. The fourth-order valence-corrected chi connectivity index (χ4v) is 5.33. The summed E-state index contributed by atoms with van der Waals surface area (Å²) in [5.41, 5.74) is 2.29. The van der Waals surface area contributed by atoms with Crippen LogP contribution in [-0.2, 0) is 4.79 Å². The number of rotatable bonds is 9. The Morgan fingerprint density at radius 2 is 2.06 bits per heavy atom. The van der Waals surface area contributed by atoms with E-state index in [0.29, 0.717) is 27.9 Å². The lowest BCUT2D eigenvalue weighted by Gasteiger charge is -2.21. The molecule has 1 saturated carbocycles. The predicted octanol–water partition coefficient (Wildman–Crippen LogP) is 5.32. The largest absolute Gasteiger partial charge is 0.376 e. The molecule has 2 atom stereocenters. The van der Waals surface area contributed by atoms with E-state index in [4.69, 9.17) is 11.6 Å². The van der Waals surface area contributed by atoms with Crippen LogP contribution in [0.3, 0.4) is 0 Å². The molecule has 34 heavy (non-hydrogen) atoms. The Balaban J connectivity index is 1.42. The van der Waals surface area contributed by atoms with E-state index in [0.717, 1.165) is 29.1 Å². The van der Waals surface area contributed by atoms with E-state index in [2.05, 4.69) is 31.1 Å². The van der Waals surface area contributed by atoms with Crippen LogP contribution in [0.4, 0.5) is 11.4 Å². The number of nitrogens with zero attached hydrogens (tertiary/aromatic N) is 2. The number of anilines is 2. The monoisotopic (exact) mass is 500 g/mol. The van der Waals surface area contributed by atoms with Crippen molar-refractivity contribution in [2.45, 2.75) is 58.0 Å². The molecule has 180 valence electrons. The molecular weight excluding hydrogens is 472 g/mol. The third-order valence-electron chi connectivity index (χ3n) is 6.13.